The van der Waals surface area contributed by atoms with Crippen molar-refractivity contribution < 1.29 is 14.3 Å². The highest BCUT2D eigenvalue weighted by molar-refractivity contribution is 9.11. The summed E-state index contributed by atoms with van der Waals surface area (Å²) >= 11 is 7.01. The summed E-state index contributed by atoms with van der Waals surface area (Å²) in [5.74, 6) is -0.815. The zero-order valence-corrected chi connectivity index (χ0v) is 20.6. The third-order valence-corrected chi connectivity index (χ3v) is 6.40. The number of hydrogen-bond acceptors (Lipinski definition) is 3. The molecule has 0 unspecified atom stereocenters. The van der Waals surface area contributed by atoms with Gasteiger partial charge < -0.3 is 4.74 Å². The predicted octanol–water partition coefficient (Wildman–Crippen LogP) is 5.72. The highest BCUT2D eigenvalue weighted by atomic mass is 79.9. The summed E-state index contributed by atoms with van der Waals surface area (Å²) in [6.45, 7) is -0.248. The number of fused-ring (bicyclic) bond motifs is 1. The molecule has 0 atom stereocenters. The fourth-order valence-electron chi connectivity index (χ4n) is 3.52. The summed E-state index contributed by atoms with van der Waals surface area (Å²) in [5.41, 5.74) is 6.65. The van der Waals surface area contributed by atoms with E-state index in [-0.39, 0.29) is 12.5 Å². The number of carbonyl (C=O) groups is 2. The maximum atomic E-state index is 13.0. The van der Waals surface area contributed by atoms with Crippen LogP contribution < -0.4 is 15.6 Å². The summed E-state index contributed by atoms with van der Waals surface area (Å²) in [5, 5.41) is 2.01. The number of nitrogens with one attached hydrogen (secondary N) is 2. The van der Waals surface area contributed by atoms with E-state index in [9.17, 15) is 9.59 Å². The molecule has 0 heterocycles. The molecule has 0 saturated carbocycles. The van der Waals surface area contributed by atoms with Gasteiger partial charge in [-0.25, -0.2) is 0 Å². The molecule has 33 heavy (non-hydrogen) atoms. The average molecular weight is 568 g/mol. The minimum atomic E-state index is -0.553. The van der Waals surface area contributed by atoms with Gasteiger partial charge in [-0.05, 0) is 56.0 Å². The van der Waals surface area contributed by atoms with E-state index in [1.807, 2.05) is 84.9 Å². The molecule has 0 bridgehead atoms. The number of hydrogen-bond donors (Lipinski definition) is 2. The van der Waals surface area contributed by atoms with E-state index in [0.29, 0.717) is 5.75 Å². The Hall–Kier alpha value is -3.16. The molecule has 5 nitrogen and oxygen atoms in total. The number of benzene rings is 4. The molecule has 0 radical (unpaired) electrons. The van der Waals surface area contributed by atoms with Crippen molar-refractivity contribution in [2.24, 2.45) is 0 Å². The lowest BCUT2D eigenvalue weighted by atomic mass is 9.91. The van der Waals surface area contributed by atoms with E-state index in [4.69, 9.17) is 4.74 Å². The van der Waals surface area contributed by atoms with Crippen molar-refractivity contribution in [1.82, 2.24) is 10.9 Å². The average Bonchev–Trinajstić information content (AvgIpc) is 2.84. The van der Waals surface area contributed by atoms with Gasteiger partial charge >= 0.3 is 0 Å². The maximum Gasteiger partial charge on any atom is 0.276 e. The first-order chi connectivity index (χ1) is 16.0. The first-order valence-corrected chi connectivity index (χ1v) is 11.8. The maximum absolute atomic E-state index is 13.0. The van der Waals surface area contributed by atoms with E-state index in [0.717, 1.165) is 30.8 Å². The van der Waals surface area contributed by atoms with Crippen LogP contribution in [0.2, 0.25) is 0 Å². The molecular formula is C26H20Br2N2O3. The zero-order chi connectivity index (χ0) is 23.2. The minimum absolute atomic E-state index is 0.248. The van der Waals surface area contributed by atoms with Gasteiger partial charge in [0.2, 0.25) is 5.91 Å². The fraction of sp³-hybridized carbons (Fsp3) is 0.0769. The SMILES string of the molecule is O=C(COc1ccc2cc(Br)ccc2c1Br)NNC(=O)C(c1ccccc1)c1ccccc1. The molecule has 0 aliphatic carbocycles. The van der Waals surface area contributed by atoms with Gasteiger partial charge in [-0.2, -0.15) is 0 Å². The molecule has 0 saturated heterocycles. The van der Waals surface area contributed by atoms with Crippen LogP contribution in [0.4, 0.5) is 0 Å². The van der Waals surface area contributed by atoms with Gasteiger partial charge in [0.15, 0.2) is 6.61 Å². The van der Waals surface area contributed by atoms with Crippen molar-refractivity contribution in [3.63, 3.8) is 0 Å². The Morgan fingerprint density at radius 3 is 2.06 bits per heavy atom. The molecule has 2 amide bonds. The van der Waals surface area contributed by atoms with E-state index >= 15 is 0 Å². The normalized spacial score (nSPS) is 10.8. The summed E-state index contributed by atoms with van der Waals surface area (Å²) in [6, 6.07) is 28.5. The molecule has 0 aromatic heterocycles. The molecule has 0 spiro atoms. The van der Waals surface area contributed by atoms with Gasteiger partial charge in [-0.3, -0.25) is 20.4 Å². The van der Waals surface area contributed by atoms with Gasteiger partial charge in [0, 0.05) is 4.47 Å². The van der Waals surface area contributed by atoms with Gasteiger partial charge in [0.1, 0.15) is 5.75 Å². The van der Waals surface area contributed by atoms with Crippen LogP contribution in [0.5, 0.6) is 5.75 Å². The monoisotopic (exact) mass is 566 g/mol. The van der Waals surface area contributed by atoms with Crippen LogP contribution >= 0.6 is 31.9 Å². The second-order valence-electron chi connectivity index (χ2n) is 7.32. The Balaban J connectivity index is 1.40. The van der Waals surface area contributed by atoms with Crippen molar-refractivity contribution >= 4 is 54.4 Å². The Morgan fingerprint density at radius 2 is 1.42 bits per heavy atom. The fourth-order valence-corrected chi connectivity index (χ4v) is 4.51. The van der Waals surface area contributed by atoms with E-state index in [2.05, 4.69) is 42.7 Å². The van der Waals surface area contributed by atoms with Crippen LogP contribution in [0.3, 0.4) is 0 Å². The number of halogens is 2. The van der Waals surface area contributed by atoms with Crippen LogP contribution in [0.25, 0.3) is 10.8 Å². The van der Waals surface area contributed by atoms with Crippen LogP contribution in [0, 0.1) is 0 Å². The van der Waals surface area contributed by atoms with E-state index < -0.39 is 11.8 Å². The smallest absolute Gasteiger partial charge is 0.276 e. The quantitative estimate of drug-likeness (QED) is 0.293. The lowest BCUT2D eigenvalue weighted by Gasteiger charge is -2.18. The van der Waals surface area contributed by atoms with Crippen LogP contribution in [-0.4, -0.2) is 18.4 Å². The first kappa shape index (κ1) is 23.0. The Morgan fingerprint density at radius 1 is 0.788 bits per heavy atom. The highest BCUT2D eigenvalue weighted by Gasteiger charge is 2.23. The molecule has 4 aromatic rings. The van der Waals surface area contributed by atoms with Crippen LogP contribution in [0.15, 0.2) is 99.9 Å². The molecule has 2 N–H and O–H groups in total. The third-order valence-electron chi connectivity index (χ3n) is 5.09. The van der Waals surface area contributed by atoms with E-state index in [1.54, 1.807) is 6.07 Å². The predicted molar refractivity (Wildman–Crippen MR) is 136 cm³/mol. The summed E-state index contributed by atoms with van der Waals surface area (Å²) < 4.78 is 7.42. The molecule has 0 aliphatic rings. The summed E-state index contributed by atoms with van der Waals surface area (Å²) in [6.07, 6.45) is 0. The van der Waals surface area contributed by atoms with Crippen molar-refractivity contribution in [3.05, 3.63) is 111 Å². The molecule has 7 heteroatoms. The van der Waals surface area contributed by atoms with Crippen LogP contribution in [-0.2, 0) is 9.59 Å². The molecule has 0 aliphatic heterocycles. The highest BCUT2D eigenvalue weighted by Crippen LogP contribution is 2.34. The number of rotatable bonds is 6. The largest absolute Gasteiger partial charge is 0.483 e. The Labute approximate surface area is 208 Å². The van der Waals surface area contributed by atoms with Gasteiger partial charge in [-0.1, -0.05) is 88.7 Å². The van der Waals surface area contributed by atoms with Crippen molar-refractivity contribution in [2.45, 2.75) is 5.92 Å². The van der Waals surface area contributed by atoms with Crippen molar-refractivity contribution in [3.8, 4) is 5.75 Å². The number of carbonyl (C=O) groups excluding carboxylic acids is 2. The second kappa shape index (κ2) is 10.6. The minimum Gasteiger partial charge on any atom is -0.483 e. The van der Waals surface area contributed by atoms with E-state index in [1.165, 1.54) is 0 Å². The topological polar surface area (TPSA) is 67.4 Å². The van der Waals surface area contributed by atoms with Crippen molar-refractivity contribution in [2.75, 3.05) is 6.61 Å². The summed E-state index contributed by atoms with van der Waals surface area (Å²) in [4.78, 5) is 25.3. The van der Waals surface area contributed by atoms with Gasteiger partial charge in [0.05, 0.1) is 10.4 Å². The second-order valence-corrected chi connectivity index (χ2v) is 9.03. The Bertz CT molecular complexity index is 1240. The lowest BCUT2D eigenvalue weighted by molar-refractivity contribution is -0.130. The molecule has 4 aromatic carbocycles. The molecule has 166 valence electrons. The van der Waals surface area contributed by atoms with Gasteiger partial charge in [0.25, 0.3) is 5.91 Å². The first-order valence-electron chi connectivity index (χ1n) is 10.2. The zero-order valence-electron chi connectivity index (χ0n) is 17.4. The number of hydrazine groups is 1. The number of ether oxygens (including phenoxy) is 1. The number of amides is 2. The molecule has 4 rings (SSSR count). The third kappa shape index (κ3) is 5.61. The lowest BCUT2D eigenvalue weighted by Crippen LogP contribution is -2.46. The van der Waals surface area contributed by atoms with Gasteiger partial charge in [-0.15, -0.1) is 0 Å². The van der Waals surface area contributed by atoms with Crippen molar-refractivity contribution in [1.29, 1.82) is 0 Å². The molecule has 0 fully saturated rings. The molecular weight excluding hydrogens is 548 g/mol. The Kier molecular flexibility index (Phi) is 7.42. The standard InChI is InChI=1S/C26H20Br2N2O3/c27-20-12-13-21-19(15-20)11-14-22(25(21)28)33-16-23(31)29-30-26(32)24(17-7-3-1-4-8-17)18-9-5-2-6-10-18/h1-15,24H,16H2,(H,29,31)(H,30,32). The van der Waals surface area contributed by atoms with Crippen LogP contribution in [0.1, 0.15) is 17.0 Å². The summed E-state index contributed by atoms with van der Waals surface area (Å²) in [7, 11) is 0.